The van der Waals surface area contributed by atoms with Crippen molar-refractivity contribution < 1.29 is 0 Å². The minimum Gasteiger partial charge on any atom is -0.311 e. The van der Waals surface area contributed by atoms with Crippen molar-refractivity contribution in [1.29, 1.82) is 0 Å². The number of thiophene rings is 1. The van der Waals surface area contributed by atoms with Crippen LogP contribution < -0.4 is 5.32 Å². The van der Waals surface area contributed by atoms with Crippen molar-refractivity contribution in [3.63, 3.8) is 0 Å². The van der Waals surface area contributed by atoms with Crippen LogP contribution in [0, 0.1) is 0 Å². The molecule has 0 atom stereocenters. The number of rotatable bonds is 6. The van der Waals surface area contributed by atoms with E-state index in [-0.39, 0.29) is 0 Å². The molecule has 0 radical (unpaired) electrons. The van der Waals surface area contributed by atoms with Gasteiger partial charge in [0.1, 0.15) is 0 Å². The van der Waals surface area contributed by atoms with Crippen molar-refractivity contribution in [2.24, 2.45) is 0 Å². The second-order valence-corrected chi connectivity index (χ2v) is 7.29. The third-order valence-electron chi connectivity index (χ3n) is 4.00. The Labute approximate surface area is 124 Å². The summed E-state index contributed by atoms with van der Waals surface area (Å²) < 4.78 is 0.882. The molecule has 2 fully saturated rings. The highest BCUT2D eigenvalue weighted by atomic mass is 35.5. The number of nitrogens with one attached hydrogen (secondary N) is 1. The minimum absolute atomic E-state index is 0.882. The fourth-order valence-corrected chi connectivity index (χ4v) is 3.74. The summed E-state index contributed by atoms with van der Waals surface area (Å²) in [5.41, 5.74) is 0. The fourth-order valence-electron chi connectivity index (χ4n) is 2.69. The molecule has 2 aliphatic rings. The van der Waals surface area contributed by atoms with Crippen LogP contribution >= 0.6 is 22.9 Å². The summed E-state index contributed by atoms with van der Waals surface area (Å²) in [5, 5.41) is 3.51. The van der Waals surface area contributed by atoms with Gasteiger partial charge in [-0.1, -0.05) is 11.6 Å². The van der Waals surface area contributed by atoms with Crippen molar-refractivity contribution >= 4 is 22.9 Å². The Hall–Kier alpha value is -0.130. The highest BCUT2D eigenvalue weighted by Gasteiger charge is 2.30. The Morgan fingerprint density at radius 2 is 2.00 bits per heavy atom. The van der Waals surface area contributed by atoms with Gasteiger partial charge < -0.3 is 5.32 Å². The molecule has 0 aromatic carbocycles. The predicted octanol–water partition coefficient (Wildman–Crippen LogP) is 2.27. The lowest BCUT2D eigenvalue weighted by molar-refractivity contribution is 0.127. The third-order valence-corrected chi connectivity index (χ3v) is 5.23. The van der Waals surface area contributed by atoms with Gasteiger partial charge in [-0.15, -0.1) is 11.3 Å². The first-order valence-electron chi connectivity index (χ1n) is 7.22. The third kappa shape index (κ3) is 4.17. The summed E-state index contributed by atoms with van der Waals surface area (Å²) in [4.78, 5) is 6.56. The molecule has 0 unspecified atom stereocenters. The maximum absolute atomic E-state index is 5.92. The van der Waals surface area contributed by atoms with E-state index in [1.807, 2.05) is 6.07 Å². The van der Waals surface area contributed by atoms with Gasteiger partial charge in [0.2, 0.25) is 0 Å². The monoisotopic (exact) mass is 299 g/mol. The summed E-state index contributed by atoms with van der Waals surface area (Å²) in [6, 6.07) is 5.01. The van der Waals surface area contributed by atoms with Crippen LogP contribution in [0.15, 0.2) is 12.1 Å². The number of hydrogen-bond acceptors (Lipinski definition) is 4. The smallest absolute Gasteiger partial charge is 0.0931 e. The molecule has 19 heavy (non-hydrogen) atoms. The molecule has 0 spiro atoms. The molecule has 5 heteroatoms. The Morgan fingerprint density at radius 3 is 2.63 bits per heavy atom. The average molecular weight is 300 g/mol. The Balaban J connectivity index is 1.28. The quantitative estimate of drug-likeness (QED) is 0.813. The molecule has 3 nitrogen and oxygen atoms in total. The van der Waals surface area contributed by atoms with E-state index in [0.29, 0.717) is 0 Å². The molecule has 3 rings (SSSR count). The minimum atomic E-state index is 0.882. The van der Waals surface area contributed by atoms with Gasteiger partial charge in [0.15, 0.2) is 0 Å². The largest absolute Gasteiger partial charge is 0.311 e. The predicted molar refractivity (Wildman–Crippen MR) is 82.1 cm³/mol. The van der Waals surface area contributed by atoms with Crippen molar-refractivity contribution in [1.82, 2.24) is 15.1 Å². The molecular weight excluding hydrogens is 278 g/mol. The van der Waals surface area contributed by atoms with E-state index < -0.39 is 0 Å². The van der Waals surface area contributed by atoms with Crippen molar-refractivity contribution in [3.05, 3.63) is 21.3 Å². The number of nitrogens with zero attached hydrogens (tertiary/aromatic N) is 2. The Morgan fingerprint density at radius 1 is 1.21 bits per heavy atom. The van der Waals surface area contributed by atoms with Crippen molar-refractivity contribution in [3.8, 4) is 0 Å². The molecule has 1 saturated heterocycles. The van der Waals surface area contributed by atoms with Crippen LogP contribution in [0.2, 0.25) is 4.34 Å². The van der Waals surface area contributed by atoms with E-state index in [0.717, 1.165) is 30.0 Å². The number of hydrogen-bond donors (Lipinski definition) is 1. The van der Waals surface area contributed by atoms with E-state index in [4.69, 9.17) is 11.6 Å². The van der Waals surface area contributed by atoms with Gasteiger partial charge in [-0.05, 0) is 25.0 Å². The first-order chi connectivity index (χ1) is 9.31. The van der Waals surface area contributed by atoms with Gasteiger partial charge >= 0.3 is 0 Å². The zero-order valence-corrected chi connectivity index (χ0v) is 12.8. The first-order valence-corrected chi connectivity index (χ1v) is 8.42. The second-order valence-electron chi connectivity index (χ2n) is 5.49. The first kappa shape index (κ1) is 13.8. The lowest BCUT2D eigenvalue weighted by Gasteiger charge is -2.34. The zero-order valence-electron chi connectivity index (χ0n) is 11.3. The van der Waals surface area contributed by atoms with Gasteiger partial charge in [-0.3, -0.25) is 9.80 Å². The summed E-state index contributed by atoms with van der Waals surface area (Å²) in [6.07, 6.45) is 2.87. The molecule has 0 amide bonds. The number of halogens is 1. The van der Waals surface area contributed by atoms with E-state index in [1.54, 1.807) is 11.3 Å². The molecule has 0 bridgehead atoms. The molecule has 1 saturated carbocycles. The number of piperazine rings is 1. The van der Waals surface area contributed by atoms with Crippen LogP contribution in [0.4, 0.5) is 0 Å². The highest BCUT2D eigenvalue weighted by molar-refractivity contribution is 7.16. The normalized spacial score (nSPS) is 21.9. The van der Waals surface area contributed by atoms with Crippen LogP contribution in [0.25, 0.3) is 0 Å². The molecule has 1 aliphatic heterocycles. The van der Waals surface area contributed by atoms with Crippen LogP contribution in [0.1, 0.15) is 17.7 Å². The SMILES string of the molecule is Clc1ccc(CNCCN2CCN(C3CC3)CC2)s1. The van der Waals surface area contributed by atoms with Crippen molar-refractivity contribution in [2.75, 3.05) is 39.3 Å². The summed E-state index contributed by atoms with van der Waals surface area (Å²) >= 11 is 7.58. The molecule has 1 N–H and O–H groups in total. The van der Waals surface area contributed by atoms with Crippen LogP contribution in [0.3, 0.4) is 0 Å². The maximum atomic E-state index is 5.92. The van der Waals surface area contributed by atoms with Crippen LogP contribution in [0.5, 0.6) is 0 Å². The lowest BCUT2D eigenvalue weighted by Crippen LogP contribution is -2.48. The average Bonchev–Trinajstić information content (AvgIpc) is 3.19. The van der Waals surface area contributed by atoms with E-state index in [2.05, 4.69) is 21.2 Å². The van der Waals surface area contributed by atoms with Crippen molar-refractivity contribution in [2.45, 2.75) is 25.4 Å². The zero-order chi connectivity index (χ0) is 13.1. The molecule has 1 aromatic rings. The molecule has 106 valence electrons. The Bertz CT molecular complexity index is 397. The van der Waals surface area contributed by atoms with Gasteiger partial charge in [-0.2, -0.15) is 0 Å². The molecule has 2 heterocycles. The van der Waals surface area contributed by atoms with Gasteiger partial charge in [0.05, 0.1) is 4.34 Å². The van der Waals surface area contributed by atoms with E-state index in [9.17, 15) is 0 Å². The Kier molecular flexibility index (Phi) is 4.77. The fraction of sp³-hybridized carbons (Fsp3) is 0.714. The lowest BCUT2D eigenvalue weighted by atomic mass is 10.3. The van der Waals surface area contributed by atoms with Crippen LogP contribution in [-0.2, 0) is 6.54 Å². The second kappa shape index (κ2) is 6.55. The topological polar surface area (TPSA) is 18.5 Å². The maximum Gasteiger partial charge on any atom is 0.0931 e. The van der Waals surface area contributed by atoms with Crippen LogP contribution in [-0.4, -0.2) is 55.1 Å². The highest BCUT2D eigenvalue weighted by Crippen LogP contribution is 2.27. The van der Waals surface area contributed by atoms with Gasteiger partial charge in [-0.25, -0.2) is 0 Å². The van der Waals surface area contributed by atoms with E-state index in [1.165, 1.54) is 43.9 Å². The summed E-state index contributed by atoms with van der Waals surface area (Å²) in [6.45, 7) is 8.19. The van der Waals surface area contributed by atoms with Gasteiger partial charge in [0, 0.05) is 56.7 Å². The van der Waals surface area contributed by atoms with E-state index >= 15 is 0 Å². The standard InChI is InChI=1S/C14H22ClN3S/c15-14-4-3-13(19-14)11-16-5-6-17-7-9-18(10-8-17)12-1-2-12/h3-4,12,16H,1-2,5-11H2. The summed E-state index contributed by atoms with van der Waals surface area (Å²) in [7, 11) is 0. The molecule has 1 aromatic heterocycles. The summed E-state index contributed by atoms with van der Waals surface area (Å²) in [5.74, 6) is 0. The van der Waals surface area contributed by atoms with Gasteiger partial charge in [0.25, 0.3) is 0 Å². The molecule has 1 aliphatic carbocycles. The molecular formula is C14H22ClN3S.